The second-order valence-electron chi connectivity index (χ2n) is 3.10. The quantitative estimate of drug-likeness (QED) is 0.573. The number of carbonyl (C=O) groups is 1. The molecule has 0 aromatic heterocycles. The summed E-state index contributed by atoms with van der Waals surface area (Å²) in [6.07, 6.45) is 5.29. The van der Waals surface area contributed by atoms with Gasteiger partial charge in [0.25, 0.3) is 0 Å². The van der Waals surface area contributed by atoms with Crippen LogP contribution in [0, 0.1) is 12.3 Å². The van der Waals surface area contributed by atoms with E-state index in [0.29, 0.717) is 23.7 Å². The van der Waals surface area contributed by atoms with Crippen molar-refractivity contribution in [2.45, 2.75) is 6.92 Å². The largest absolute Gasteiger partial charge is 0.495 e. The Bertz CT molecular complexity index is 432. The van der Waals surface area contributed by atoms with Gasteiger partial charge in [0.15, 0.2) is 6.61 Å². The Morgan fingerprint density at radius 3 is 2.82 bits per heavy atom. The van der Waals surface area contributed by atoms with Crippen molar-refractivity contribution in [3.05, 3.63) is 23.8 Å². The highest BCUT2D eigenvalue weighted by Gasteiger charge is 2.06. The summed E-state index contributed by atoms with van der Waals surface area (Å²) >= 11 is 0. The zero-order chi connectivity index (χ0) is 12.7. The van der Waals surface area contributed by atoms with Crippen LogP contribution in [-0.2, 0) is 9.53 Å². The molecule has 17 heavy (non-hydrogen) atoms. The van der Waals surface area contributed by atoms with Crippen LogP contribution in [0.4, 0.5) is 0 Å². The molecular weight excluding hydrogens is 220 g/mol. The summed E-state index contributed by atoms with van der Waals surface area (Å²) in [6.45, 7) is 1.94. The van der Waals surface area contributed by atoms with Crippen LogP contribution in [0.3, 0.4) is 0 Å². The Morgan fingerprint density at radius 1 is 1.47 bits per heavy atom. The first-order valence-electron chi connectivity index (χ1n) is 5.14. The van der Waals surface area contributed by atoms with E-state index in [1.165, 1.54) is 7.11 Å². The molecule has 0 atom stereocenters. The fraction of sp³-hybridized carbons (Fsp3) is 0.308. The second-order valence-corrected chi connectivity index (χ2v) is 3.10. The molecule has 0 aliphatic carbocycles. The minimum Gasteiger partial charge on any atom is -0.495 e. The van der Waals surface area contributed by atoms with E-state index in [2.05, 4.69) is 5.92 Å². The van der Waals surface area contributed by atoms with Gasteiger partial charge in [-0.25, -0.2) is 4.79 Å². The maximum Gasteiger partial charge on any atom is 0.344 e. The van der Waals surface area contributed by atoms with Gasteiger partial charge in [0.2, 0.25) is 0 Å². The van der Waals surface area contributed by atoms with Gasteiger partial charge < -0.3 is 14.2 Å². The Morgan fingerprint density at radius 2 is 2.24 bits per heavy atom. The Balaban J connectivity index is 2.67. The zero-order valence-electron chi connectivity index (χ0n) is 9.86. The normalized spacial score (nSPS) is 9.24. The first-order chi connectivity index (χ1) is 8.21. The molecule has 0 saturated carbocycles. The maximum atomic E-state index is 11.1. The van der Waals surface area contributed by atoms with E-state index < -0.39 is 5.97 Å². The molecule has 1 aromatic carbocycles. The molecule has 1 aromatic rings. The molecule has 4 heteroatoms. The number of methoxy groups -OCH3 is 1. The Kier molecular flexibility index (Phi) is 4.89. The minimum atomic E-state index is -0.410. The van der Waals surface area contributed by atoms with E-state index >= 15 is 0 Å². The fourth-order valence-electron chi connectivity index (χ4n) is 1.23. The number of esters is 1. The van der Waals surface area contributed by atoms with Gasteiger partial charge in [-0.1, -0.05) is 5.92 Å². The van der Waals surface area contributed by atoms with E-state index in [1.54, 1.807) is 25.1 Å². The van der Waals surface area contributed by atoms with Crippen molar-refractivity contribution < 1.29 is 19.0 Å². The summed E-state index contributed by atoms with van der Waals surface area (Å²) in [5.41, 5.74) is 0.635. The van der Waals surface area contributed by atoms with Crippen molar-refractivity contribution in [1.82, 2.24) is 0 Å². The average Bonchev–Trinajstić information content (AvgIpc) is 2.36. The van der Waals surface area contributed by atoms with Crippen LogP contribution in [0.2, 0.25) is 0 Å². The van der Waals surface area contributed by atoms with Crippen LogP contribution in [0.25, 0.3) is 0 Å². The SMILES string of the molecule is C#Cc1ccc(OCC(=O)OCC)cc1OC. The molecule has 0 radical (unpaired) electrons. The Hall–Kier alpha value is -2.15. The third-order valence-corrected chi connectivity index (χ3v) is 1.99. The van der Waals surface area contributed by atoms with E-state index in [-0.39, 0.29) is 6.61 Å². The summed E-state index contributed by atoms with van der Waals surface area (Å²) in [5.74, 6) is 3.12. The molecule has 0 bridgehead atoms. The van der Waals surface area contributed by atoms with Crippen LogP contribution in [-0.4, -0.2) is 26.3 Å². The number of ether oxygens (including phenoxy) is 3. The topological polar surface area (TPSA) is 44.8 Å². The third-order valence-electron chi connectivity index (χ3n) is 1.99. The summed E-state index contributed by atoms with van der Waals surface area (Å²) in [4.78, 5) is 11.1. The van der Waals surface area contributed by atoms with Gasteiger partial charge >= 0.3 is 5.97 Å². The van der Waals surface area contributed by atoms with Crippen molar-refractivity contribution in [3.63, 3.8) is 0 Å². The molecule has 0 amide bonds. The lowest BCUT2D eigenvalue weighted by molar-refractivity contribution is -0.145. The van der Waals surface area contributed by atoms with Gasteiger partial charge in [-0.3, -0.25) is 0 Å². The number of terminal acetylenes is 1. The molecule has 0 unspecified atom stereocenters. The molecule has 1 rings (SSSR count). The number of benzene rings is 1. The van der Waals surface area contributed by atoms with Crippen LogP contribution in [0.5, 0.6) is 11.5 Å². The summed E-state index contributed by atoms with van der Waals surface area (Å²) in [7, 11) is 1.52. The average molecular weight is 234 g/mol. The van der Waals surface area contributed by atoms with E-state index in [1.807, 2.05) is 0 Å². The molecule has 0 heterocycles. The van der Waals surface area contributed by atoms with Gasteiger partial charge in [0, 0.05) is 6.07 Å². The van der Waals surface area contributed by atoms with E-state index in [9.17, 15) is 4.79 Å². The van der Waals surface area contributed by atoms with Gasteiger partial charge in [0.1, 0.15) is 11.5 Å². The van der Waals surface area contributed by atoms with Crippen molar-refractivity contribution in [2.75, 3.05) is 20.3 Å². The van der Waals surface area contributed by atoms with E-state index in [4.69, 9.17) is 20.6 Å². The monoisotopic (exact) mass is 234 g/mol. The number of hydrogen-bond donors (Lipinski definition) is 0. The molecule has 90 valence electrons. The highest BCUT2D eigenvalue weighted by Crippen LogP contribution is 2.23. The molecule has 0 saturated heterocycles. The van der Waals surface area contributed by atoms with Gasteiger partial charge in [0.05, 0.1) is 19.3 Å². The summed E-state index contributed by atoms with van der Waals surface area (Å²) < 4.78 is 15.1. The van der Waals surface area contributed by atoms with E-state index in [0.717, 1.165) is 0 Å². The molecule has 4 nitrogen and oxygen atoms in total. The molecule has 0 spiro atoms. The van der Waals surface area contributed by atoms with Crippen LogP contribution in [0.15, 0.2) is 18.2 Å². The first-order valence-corrected chi connectivity index (χ1v) is 5.14. The molecule has 0 aliphatic rings. The standard InChI is InChI=1S/C13H14O4/c1-4-10-6-7-11(8-12(10)15-3)17-9-13(14)16-5-2/h1,6-8H,5,9H2,2-3H3. The highest BCUT2D eigenvalue weighted by atomic mass is 16.6. The van der Waals surface area contributed by atoms with Crippen molar-refractivity contribution in [2.24, 2.45) is 0 Å². The van der Waals surface area contributed by atoms with Crippen LogP contribution >= 0.6 is 0 Å². The van der Waals surface area contributed by atoms with Gasteiger partial charge in [-0.2, -0.15) is 0 Å². The number of rotatable bonds is 5. The Labute approximate surface area is 100 Å². The molecule has 0 N–H and O–H groups in total. The van der Waals surface area contributed by atoms with Crippen LogP contribution < -0.4 is 9.47 Å². The lowest BCUT2D eigenvalue weighted by Gasteiger charge is -2.08. The first kappa shape index (κ1) is 12.9. The summed E-state index contributed by atoms with van der Waals surface area (Å²) in [5, 5.41) is 0. The molecule has 0 aliphatic heterocycles. The lowest BCUT2D eigenvalue weighted by Crippen LogP contribution is -2.14. The maximum absolute atomic E-state index is 11.1. The zero-order valence-corrected chi connectivity index (χ0v) is 9.86. The molecule has 0 fully saturated rings. The fourth-order valence-corrected chi connectivity index (χ4v) is 1.23. The van der Waals surface area contributed by atoms with Gasteiger partial charge in [-0.15, -0.1) is 6.42 Å². The predicted molar refractivity (Wildman–Crippen MR) is 63.1 cm³/mol. The number of carbonyl (C=O) groups excluding carboxylic acids is 1. The minimum absolute atomic E-state index is 0.133. The highest BCUT2D eigenvalue weighted by molar-refractivity contribution is 5.71. The van der Waals surface area contributed by atoms with Crippen molar-refractivity contribution >= 4 is 5.97 Å². The summed E-state index contributed by atoms with van der Waals surface area (Å²) in [6, 6.07) is 5.00. The smallest absolute Gasteiger partial charge is 0.344 e. The second kappa shape index (κ2) is 6.44. The van der Waals surface area contributed by atoms with Crippen molar-refractivity contribution in [1.29, 1.82) is 0 Å². The molecular formula is C13H14O4. The third kappa shape index (κ3) is 3.72. The van der Waals surface area contributed by atoms with Gasteiger partial charge in [-0.05, 0) is 19.1 Å². The van der Waals surface area contributed by atoms with Crippen LogP contribution in [0.1, 0.15) is 12.5 Å². The predicted octanol–water partition coefficient (Wildman–Crippen LogP) is 1.62. The number of hydrogen-bond acceptors (Lipinski definition) is 4. The lowest BCUT2D eigenvalue weighted by atomic mass is 10.2. The van der Waals surface area contributed by atoms with Crippen molar-refractivity contribution in [3.8, 4) is 23.8 Å².